The predicted molar refractivity (Wildman–Crippen MR) is 121 cm³/mol. The number of pyridine rings is 1. The number of fused-ring (bicyclic) bond motifs is 3. The van der Waals surface area contributed by atoms with E-state index in [1.54, 1.807) is 12.3 Å². The van der Waals surface area contributed by atoms with Gasteiger partial charge >= 0.3 is 0 Å². The zero-order chi connectivity index (χ0) is 22.3. The van der Waals surface area contributed by atoms with Gasteiger partial charge in [-0.3, -0.25) is 9.59 Å². The summed E-state index contributed by atoms with van der Waals surface area (Å²) in [6, 6.07) is 5.52. The third-order valence-electron chi connectivity index (χ3n) is 5.82. The molecule has 1 unspecified atom stereocenters. The molecule has 3 heterocycles. The van der Waals surface area contributed by atoms with E-state index in [0.29, 0.717) is 17.4 Å². The predicted octanol–water partition coefficient (Wildman–Crippen LogP) is 5.20. The summed E-state index contributed by atoms with van der Waals surface area (Å²) < 4.78 is 7.98. The quantitative estimate of drug-likeness (QED) is 0.597. The molecule has 1 aromatic carbocycles. The molecule has 0 bridgehead atoms. The Morgan fingerprint density at radius 3 is 2.65 bits per heavy atom. The van der Waals surface area contributed by atoms with Crippen molar-refractivity contribution in [2.24, 2.45) is 15.8 Å². The summed E-state index contributed by atoms with van der Waals surface area (Å²) >= 11 is 6.53. The molecule has 1 amide bonds. The molecule has 31 heavy (non-hydrogen) atoms. The van der Waals surface area contributed by atoms with Gasteiger partial charge in [0.1, 0.15) is 18.0 Å². The Morgan fingerprint density at radius 1 is 1.23 bits per heavy atom. The van der Waals surface area contributed by atoms with Crippen molar-refractivity contribution in [2.45, 2.75) is 53.0 Å². The van der Waals surface area contributed by atoms with Crippen LogP contribution in [0.25, 0.3) is 11.3 Å². The van der Waals surface area contributed by atoms with Crippen LogP contribution < -0.4 is 15.2 Å². The Morgan fingerprint density at radius 2 is 2.00 bits per heavy atom. The molecule has 1 atom stereocenters. The van der Waals surface area contributed by atoms with Crippen molar-refractivity contribution in [1.82, 2.24) is 4.57 Å². The number of aromatic nitrogens is 1. The minimum Gasteiger partial charge on any atom is -0.492 e. The number of ether oxygens (including phenoxy) is 1. The number of benzene rings is 1. The minimum absolute atomic E-state index is 0.0386. The highest BCUT2D eigenvalue weighted by Crippen LogP contribution is 2.45. The first-order chi connectivity index (χ1) is 14.7. The molecule has 164 valence electrons. The molecule has 2 aliphatic rings. The lowest BCUT2D eigenvalue weighted by atomic mass is 9.79. The third kappa shape index (κ3) is 3.99. The molecule has 4 rings (SSSR count). The zero-order valence-electron chi connectivity index (χ0n) is 18.3. The van der Waals surface area contributed by atoms with Crippen LogP contribution in [0.15, 0.2) is 39.5 Å². The van der Waals surface area contributed by atoms with E-state index in [1.807, 2.05) is 12.1 Å². The Balaban J connectivity index is 1.85. The van der Waals surface area contributed by atoms with Crippen molar-refractivity contribution in [2.75, 3.05) is 18.2 Å². The lowest BCUT2D eigenvalue weighted by Crippen LogP contribution is -2.34. The van der Waals surface area contributed by atoms with Crippen molar-refractivity contribution in [1.29, 1.82) is 0 Å². The maximum atomic E-state index is 12.9. The van der Waals surface area contributed by atoms with Gasteiger partial charge in [-0.25, -0.2) is 0 Å². The molecule has 2 aromatic rings. The van der Waals surface area contributed by atoms with Crippen LogP contribution in [-0.4, -0.2) is 23.6 Å². The Hall–Kier alpha value is -2.67. The van der Waals surface area contributed by atoms with Crippen LogP contribution >= 0.6 is 11.6 Å². The highest BCUT2D eigenvalue weighted by atomic mass is 35.5. The number of nitrogens with zero attached hydrogens (tertiary/aromatic N) is 4. The van der Waals surface area contributed by atoms with Gasteiger partial charge in [0.2, 0.25) is 5.43 Å². The van der Waals surface area contributed by atoms with E-state index >= 15 is 0 Å². The van der Waals surface area contributed by atoms with Gasteiger partial charge in [-0.15, -0.1) is 0 Å². The number of hydrogen-bond acceptors (Lipinski definition) is 5. The number of halogens is 1. The standard InChI is InChI=1S/C23H27ClN4O3/c1-5-6-7-31-20-8-14-9-21(23(2,3)4)27-13-18(28-22(30)12-25-26-28)19(29)11-17(27)15(14)10-16(20)24/h8,10-11,13,21H,5-7,9,12H2,1-4H3. The first kappa shape index (κ1) is 21.6. The summed E-state index contributed by atoms with van der Waals surface area (Å²) in [6.45, 7) is 9.20. The van der Waals surface area contributed by atoms with Gasteiger partial charge in [-0.1, -0.05) is 50.9 Å². The molecule has 0 saturated heterocycles. The van der Waals surface area contributed by atoms with Gasteiger partial charge in [0, 0.05) is 23.9 Å². The molecule has 0 radical (unpaired) electrons. The molecule has 2 aliphatic heterocycles. The maximum Gasteiger partial charge on any atom is 0.272 e. The fourth-order valence-corrected chi connectivity index (χ4v) is 4.31. The number of carbonyl (C=O) groups is 1. The van der Waals surface area contributed by atoms with Crippen molar-refractivity contribution < 1.29 is 9.53 Å². The van der Waals surface area contributed by atoms with Crippen LogP contribution in [0.5, 0.6) is 5.75 Å². The summed E-state index contributed by atoms with van der Waals surface area (Å²) in [5.74, 6) is 0.370. The fraction of sp³-hybridized carbons (Fsp3) is 0.478. The monoisotopic (exact) mass is 442 g/mol. The number of hydrogen-bond donors (Lipinski definition) is 0. The maximum absolute atomic E-state index is 12.9. The van der Waals surface area contributed by atoms with Crippen molar-refractivity contribution in [3.63, 3.8) is 0 Å². The second kappa shape index (κ2) is 8.11. The summed E-state index contributed by atoms with van der Waals surface area (Å²) in [4.78, 5) is 25.1. The van der Waals surface area contributed by atoms with Crippen molar-refractivity contribution in [3.05, 3.63) is 45.2 Å². The van der Waals surface area contributed by atoms with Gasteiger partial charge in [0.05, 0.1) is 17.3 Å². The molecule has 0 aliphatic carbocycles. The Kier molecular flexibility index (Phi) is 5.64. The summed E-state index contributed by atoms with van der Waals surface area (Å²) in [7, 11) is 0. The number of amides is 1. The van der Waals surface area contributed by atoms with Gasteiger partial charge in [0.15, 0.2) is 0 Å². The van der Waals surface area contributed by atoms with E-state index in [4.69, 9.17) is 16.3 Å². The van der Waals surface area contributed by atoms with E-state index < -0.39 is 0 Å². The van der Waals surface area contributed by atoms with Gasteiger partial charge in [-0.2, -0.15) is 10.1 Å². The third-order valence-corrected chi connectivity index (χ3v) is 6.12. The first-order valence-corrected chi connectivity index (χ1v) is 11.0. The average molecular weight is 443 g/mol. The Bertz CT molecular complexity index is 1120. The van der Waals surface area contributed by atoms with E-state index in [-0.39, 0.29) is 35.0 Å². The van der Waals surface area contributed by atoms with E-state index in [0.717, 1.165) is 41.1 Å². The topological polar surface area (TPSA) is 76.3 Å². The van der Waals surface area contributed by atoms with Crippen molar-refractivity contribution >= 4 is 23.2 Å². The molecule has 0 spiro atoms. The highest BCUT2D eigenvalue weighted by Gasteiger charge is 2.35. The Labute approximate surface area is 186 Å². The van der Waals surface area contributed by atoms with Crippen molar-refractivity contribution in [3.8, 4) is 17.0 Å². The molecule has 1 aromatic heterocycles. The number of carbonyl (C=O) groups excluding carboxylic acids is 1. The summed E-state index contributed by atoms with van der Waals surface area (Å²) in [6.07, 6.45) is 4.50. The fourth-order valence-electron chi connectivity index (χ4n) is 4.10. The smallest absolute Gasteiger partial charge is 0.272 e. The van der Waals surface area contributed by atoms with Crippen LogP contribution in [0.2, 0.25) is 5.02 Å². The largest absolute Gasteiger partial charge is 0.492 e. The summed E-state index contributed by atoms with van der Waals surface area (Å²) in [5, 5.41) is 9.22. The number of unbranched alkanes of at least 4 members (excludes halogenated alkanes) is 1. The average Bonchev–Trinajstić information content (AvgIpc) is 3.12. The van der Waals surface area contributed by atoms with Gasteiger partial charge < -0.3 is 9.30 Å². The molecule has 0 fully saturated rings. The number of anilines is 1. The zero-order valence-corrected chi connectivity index (χ0v) is 19.1. The van der Waals surface area contributed by atoms with Crippen LogP contribution in [0.4, 0.5) is 5.69 Å². The second-order valence-electron chi connectivity index (χ2n) is 9.14. The first-order valence-electron chi connectivity index (χ1n) is 10.6. The summed E-state index contributed by atoms with van der Waals surface area (Å²) in [5.41, 5.74) is 2.63. The lowest BCUT2D eigenvalue weighted by Gasteiger charge is -2.39. The normalized spacial score (nSPS) is 17.6. The number of rotatable bonds is 5. The van der Waals surface area contributed by atoms with Gasteiger partial charge in [-0.05, 0) is 36.0 Å². The van der Waals surface area contributed by atoms with Gasteiger partial charge in [0.25, 0.3) is 5.91 Å². The molecule has 0 saturated carbocycles. The van der Waals surface area contributed by atoms with Crippen LogP contribution in [0.3, 0.4) is 0 Å². The lowest BCUT2D eigenvalue weighted by molar-refractivity contribution is -0.116. The minimum atomic E-state index is -0.307. The van der Waals surface area contributed by atoms with Crippen LogP contribution in [0.1, 0.15) is 52.1 Å². The van der Waals surface area contributed by atoms with Crippen LogP contribution in [-0.2, 0) is 11.2 Å². The van der Waals surface area contributed by atoms with Crippen LogP contribution in [0, 0.1) is 5.41 Å². The second-order valence-corrected chi connectivity index (χ2v) is 9.54. The van der Waals surface area contributed by atoms with E-state index in [9.17, 15) is 9.59 Å². The molecule has 7 nitrogen and oxygen atoms in total. The molecule has 0 N–H and O–H groups in total. The highest BCUT2D eigenvalue weighted by molar-refractivity contribution is 6.32. The SMILES string of the molecule is CCCCOc1cc2c(cc1Cl)-c1cc(=O)c(N3N=NCC3=O)cn1C(C(C)(C)C)C2. The molecular formula is C23H27ClN4O3. The molecule has 8 heteroatoms. The molecular weight excluding hydrogens is 416 g/mol. The van der Waals surface area contributed by atoms with E-state index in [1.165, 1.54) is 0 Å². The van der Waals surface area contributed by atoms with E-state index in [2.05, 4.69) is 42.6 Å².